The molecule has 3 heterocycles. The number of aromatic nitrogens is 3. The molecule has 1 aliphatic heterocycles. The van der Waals surface area contributed by atoms with Crippen LogP contribution in [0.4, 0.5) is 29.3 Å². The first-order chi connectivity index (χ1) is 18.6. The number of ether oxygens (including phenoxy) is 1. The van der Waals surface area contributed by atoms with Gasteiger partial charge >= 0.3 is 12.2 Å². The average molecular weight is 560 g/mol. The van der Waals surface area contributed by atoms with E-state index in [4.69, 9.17) is 4.74 Å². The summed E-state index contributed by atoms with van der Waals surface area (Å²) >= 11 is 0. The predicted molar refractivity (Wildman–Crippen MR) is 144 cm³/mol. The zero-order valence-electron chi connectivity index (χ0n) is 22.8. The fraction of sp³-hybridized carbons (Fsp3) is 0.407. The Hall–Kier alpha value is -4.13. The van der Waals surface area contributed by atoms with Crippen LogP contribution in [0.3, 0.4) is 0 Å². The largest absolute Gasteiger partial charge is 0.489 e. The zero-order valence-corrected chi connectivity index (χ0v) is 22.8. The molecule has 0 atom stereocenters. The van der Waals surface area contributed by atoms with Crippen molar-refractivity contribution in [3.63, 3.8) is 0 Å². The third kappa shape index (κ3) is 6.89. The monoisotopic (exact) mass is 559 g/mol. The Labute approximate surface area is 229 Å². The number of likely N-dealkylation sites (tertiary alicyclic amines) is 1. The van der Waals surface area contributed by atoms with E-state index >= 15 is 0 Å². The SMILES string of the molecule is CN1C(C)(C)CC(Oc2ccc(C(=O)Nc3ccc(NC(=O)Nn4cc(C(F)(F)F)cn4)cc3)nc2)CC1(C)C. The summed E-state index contributed by atoms with van der Waals surface area (Å²) in [6.45, 7) is 8.80. The summed E-state index contributed by atoms with van der Waals surface area (Å²) in [7, 11) is 2.13. The second-order valence-electron chi connectivity index (χ2n) is 11.0. The van der Waals surface area contributed by atoms with Crippen molar-refractivity contribution in [2.24, 2.45) is 0 Å². The third-order valence-electron chi connectivity index (χ3n) is 7.07. The number of alkyl halides is 3. The van der Waals surface area contributed by atoms with Crippen LogP contribution < -0.4 is 20.8 Å². The molecule has 2 aromatic heterocycles. The van der Waals surface area contributed by atoms with E-state index in [9.17, 15) is 22.8 Å². The molecule has 3 amide bonds. The van der Waals surface area contributed by atoms with Crippen LogP contribution in [0.2, 0.25) is 0 Å². The van der Waals surface area contributed by atoms with Gasteiger partial charge in [-0.2, -0.15) is 23.1 Å². The van der Waals surface area contributed by atoms with Crippen LogP contribution >= 0.6 is 0 Å². The number of halogens is 3. The number of rotatable bonds is 6. The molecule has 40 heavy (non-hydrogen) atoms. The van der Waals surface area contributed by atoms with E-state index in [1.807, 2.05) is 0 Å². The lowest BCUT2D eigenvalue weighted by Crippen LogP contribution is -2.60. The van der Waals surface area contributed by atoms with Gasteiger partial charge in [-0.3, -0.25) is 9.69 Å². The van der Waals surface area contributed by atoms with Crippen LogP contribution in [0.25, 0.3) is 0 Å². The molecule has 0 radical (unpaired) electrons. The first-order valence-electron chi connectivity index (χ1n) is 12.6. The second kappa shape index (κ2) is 10.8. The molecule has 0 aliphatic carbocycles. The predicted octanol–water partition coefficient (Wildman–Crippen LogP) is 5.36. The van der Waals surface area contributed by atoms with Gasteiger partial charge in [0.25, 0.3) is 5.91 Å². The fourth-order valence-corrected chi connectivity index (χ4v) is 4.77. The first kappa shape index (κ1) is 28.9. The van der Waals surface area contributed by atoms with E-state index in [1.54, 1.807) is 24.3 Å². The van der Waals surface area contributed by atoms with Gasteiger partial charge in [-0.05, 0) is 71.1 Å². The van der Waals surface area contributed by atoms with Crippen molar-refractivity contribution < 1.29 is 27.5 Å². The van der Waals surface area contributed by atoms with Crippen molar-refractivity contribution in [3.8, 4) is 5.75 Å². The van der Waals surface area contributed by atoms with E-state index in [0.29, 0.717) is 34.3 Å². The summed E-state index contributed by atoms with van der Waals surface area (Å²) in [6.07, 6.45) is -0.0212. The first-order valence-corrected chi connectivity index (χ1v) is 12.6. The Balaban J connectivity index is 1.29. The highest BCUT2D eigenvalue weighted by Crippen LogP contribution is 2.38. The molecular formula is C27H32F3N7O3. The van der Waals surface area contributed by atoms with Crippen LogP contribution in [0, 0.1) is 0 Å². The molecule has 0 saturated carbocycles. The maximum atomic E-state index is 12.7. The Morgan fingerprint density at radius 1 is 0.950 bits per heavy atom. The zero-order chi connectivity index (χ0) is 29.3. The highest BCUT2D eigenvalue weighted by Gasteiger charge is 2.44. The number of nitrogens with zero attached hydrogens (tertiary/aromatic N) is 4. The van der Waals surface area contributed by atoms with Crippen LogP contribution in [-0.2, 0) is 6.18 Å². The standard InChI is InChI=1S/C27H32F3N7O3/c1-25(2)12-21(13-26(3,4)36(25)5)40-20-10-11-22(31-15-20)23(38)33-18-6-8-19(9-7-18)34-24(39)35-37-16-17(14-32-37)27(28,29)30/h6-11,14-16,21H,12-13H2,1-5H3,(H,33,38)(H2,34,35,39). The molecule has 4 rings (SSSR count). The highest BCUT2D eigenvalue weighted by atomic mass is 19.4. The number of piperidine rings is 1. The summed E-state index contributed by atoms with van der Waals surface area (Å²) in [5.74, 6) is 0.168. The second-order valence-corrected chi connectivity index (χ2v) is 11.0. The molecule has 0 unspecified atom stereocenters. The summed E-state index contributed by atoms with van der Waals surface area (Å²) in [4.78, 5) is 32.0. The number of hydrogen-bond acceptors (Lipinski definition) is 6. The lowest BCUT2D eigenvalue weighted by atomic mass is 9.79. The Bertz CT molecular complexity index is 1330. The van der Waals surface area contributed by atoms with Crippen LogP contribution in [0.5, 0.6) is 5.75 Å². The minimum atomic E-state index is -4.57. The van der Waals surface area contributed by atoms with Gasteiger partial charge < -0.3 is 15.4 Å². The fourth-order valence-electron chi connectivity index (χ4n) is 4.77. The molecule has 0 spiro atoms. The molecule has 1 fully saturated rings. The van der Waals surface area contributed by atoms with Gasteiger partial charge in [-0.15, -0.1) is 0 Å². The maximum Gasteiger partial charge on any atom is 0.419 e. The normalized spacial score (nSPS) is 17.2. The van der Waals surface area contributed by atoms with Gasteiger partial charge in [0.15, 0.2) is 0 Å². The number of carbonyl (C=O) groups is 2. The Morgan fingerprint density at radius 2 is 1.55 bits per heavy atom. The molecule has 0 bridgehead atoms. The van der Waals surface area contributed by atoms with Crippen molar-refractivity contribution in [2.75, 3.05) is 23.1 Å². The Morgan fingerprint density at radius 3 is 2.08 bits per heavy atom. The van der Waals surface area contributed by atoms with Crippen molar-refractivity contribution in [1.82, 2.24) is 19.8 Å². The summed E-state index contributed by atoms with van der Waals surface area (Å²) in [5, 5.41) is 8.65. The van der Waals surface area contributed by atoms with E-state index in [2.05, 4.69) is 65.8 Å². The van der Waals surface area contributed by atoms with Crippen molar-refractivity contribution in [1.29, 1.82) is 0 Å². The molecule has 10 nitrogen and oxygen atoms in total. The van der Waals surface area contributed by atoms with Crippen molar-refractivity contribution in [3.05, 3.63) is 66.2 Å². The number of nitrogens with one attached hydrogen (secondary N) is 3. The average Bonchev–Trinajstić information content (AvgIpc) is 3.33. The molecular weight excluding hydrogens is 527 g/mol. The number of carbonyl (C=O) groups excluding carboxylic acids is 2. The summed E-state index contributed by atoms with van der Waals surface area (Å²) in [5.41, 5.74) is 2.13. The van der Waals surface area contributed by atoms with Crippen LogP contribution in [0.15, 0.2) is 55.0 Å². The quantitative estimate of drug-likeness (QED) is 0.375. The van der Waals surface area contributed by atoms with Crippen LogP contribution in [-0.4, -0.2) is 55.9 Å². The highest BCUT2D eigenvalue weighted by molar-refractivity contribution is 6.03. The molecule has 1 saturated heterocycles. The Kier molecular flexibility index (Phi) is 7.79. The van der Waals surface area contributed by atoms with Gasteiger partial charge in [0, 0.05) is 35.3 Å². The van der Waals surface area contributed by atoms with Crippen molar-refractivity contribution >= 4 is 23.3 Å². The summed E-state index contributed by atoms with van der Waals surface area (Å²) in [6, 6.07) is 8.68. The number of anilines is 2. The lowest BCUT2D eigenvalue weighted by Gasteiger charge is -2.53. The molecule has 1 aliphatic rings. The van der Waals surface area contributed by atoms with Gasteiger partial charge in [-0.25, -0.2) is 15.2 Å². The topological polar surface area (TPSA) is 113 Å². The van der Waals surface area contributed by atoms with Gasteiger partial charge in [-0.1, -0.05) is 0 Å². The molecule has 3 aromatic rings. The maximum absolute atomic E-state index is 12.7. The number of pyridine rings is 1. The third-order valence-corrected chi connectivity index (χ3v) is 7.07. The minimum absolute atomic E-state index is 0.0189. The van der Waals surface area contributed by atoms with E-state index in [0.717, 1.165) is 12.8 Å². The number of benzene rings is 1. The number of amides is 3. The van der Waals surface area contributed by atoms with Gasteiger partial charge in [0.1, 0.15) is 17.5 Å². The van der Waals surface area contributed by atoms with Gasteiger partial charge in [0.05, 0.1) is 24.2 Å². The van der Waals surface area contributed by atoms with E-state index < -0.39 is 23.7 Å². The molecule has 1 aromatic carbocycles. The van der Waals surface area contributed by atoms with Crippen LogP contribution in [0.1, 0.15) is 56.6 Å². The minimum Gasteiger partial charge on any atom is -0.489 e. The smallest absolute Gasteiger partial charge is 0.419 e. The van der Waals surface area contributed by atoms with Gasteiger partial charge in [0.2, 0.25) is 0 Å². The molecule has 3 N–H and O–H groups in total. The summed E-state index contributed by atoms with van der Waals surface area (Å²) < 4.78 is 44.2. The van der Waals surface area contributed by atoms with Crippen molar-refractivity contribution in [2.45, 2.75) is 63.9 Å². The van der Waals surface area contributed by atoms with E-state index in [1.165, 1.54) is 18.3 Å². The lowest BCUT2D eigenvalue weighted by molar-refractivity contribution is -0.137. The molecule has 13 heteroatoms. The molecule has 214 valence electrons. The number of urea groups is 1. The number of hydrogen-bond donors (Lipinski definition) is 3. The van der Waals surface area contributed by atoms with E-state index in [-0.39, 0.29) is 22.9 Å².